The van der Waals surface area contributed by atoms with Crippen LogP contribution in [0.3, 0.4) is 0 Å². The summed E-state index contributed by atoms with van der Waals surface area (Å²) in [6.07, 6.45) is 0. The van der Waals surface area contributed by atoms with Crippen molar-refractivity contribution >= 4 is 15.5 Å². The van der Waals surface area contributed by atoms with Crippen LogP contribution in [0.15, 0.2) is 53.4 Å². The molecule has 20 heavy (non-hydrogen) atoms. The lowest BCUT2D eigenvalue weighted by atomic mass is 10.0. The number of nitrogens with two attached hydrogens (primary N) is 1. The average Bonchev–Trinajstić information content (AvgIpc) is 2.82. The number of anilines is 1. The van der Waals surface area contributed by atoms with Gasteiger partial charge < -0.3 is 10.5 Å². The van der Waals surface area contributed by atoms with Gasteiger partial charge in [0, 0.05) is 17.2 Å². The minimum Gasteiger partial charge on any atom is -0.493 e. The number of nitrogen functional groups attached to an aromatic ring is 1. The molecule has 0 saturated carbocycles. The number of rotatable bonds is 3. The maximum Gasteiger partial charge on any atom is 0.179 e. The largest absolute Gasteiger partial charge is 0.493 e. The molecule has 0 aromatic heterocycles. The number of para-hydroxylation sites is 1. The topological polar surface area (TPSA) is 69.4 Å². The van der Waals surface area contributed by atoms with Crippen LogP contribution in [-0.2, 0) is 9.84 Å². The van der Waals surface area contributed by atoms with Crippen LogP contribution in [0.25, 0.3) is 0 Å². The van der Waals surface area contributed by atoms with Crippen molar-refractivity contribution in [3.63, 3.8) is 0 Å². The highest BCUT2D eigenvalue weighted by Crippen LogP contribution is 2.35. The summed E-state index contributed by atoms with van der Waals surface area (Å²) in [6, 6.07) is 14.0. The number of benzene rings is 2. The first kappa shape index (κ1) is 13.0. The van der Waals surface area contributed by atoms with Crippen LogP contribution in [0, 0.1) is 0 Å². The van der Waals surface area contributed by atoms with E-state index in [0.717, 1.165) is 11.3 Å². The van der Waals surface area contributed by atoms with Gasteiger partial charge >= 0.3 is 0 Å². The number of hydrogen-bond acceptors (Lipinski definition) is 4. The first-order valence-corrected chi connectivity index (χ1v) is 8.01. The molecule has 2 aromatic rings. The molecule has 2 aromatic carbocycles. The molecule has 1 heterocycles. The van der Waals surface area contributed by atoms with Gasteiger partial charge in [0.25, 0.3) is 0 Å². The molecule has 104 valence electrons. The Morgan fingerprint density at radius 1 is 1.15 bits per heavy atom. The van der Waals surface area contributed by atoms with Crippen molar-refractivity contribution in [1.82, 2.24) is 0 Å². The predicted molar refractivity (Wildman–Crippen MR) is 77.6 cm³/mol. The second-order valence-corrected chi connectivity index (χ2v) is 6.93. The lowest BCUT2D eigenvalue weighted by molar-refractivity contribution is 0.337. The Morgan fingerprint density at radius 2 is 1.95 bits per heavy atom. The van der Waals surface area contributed by atoms with E-state index in [1.54, 1.807) is 18.2 Å². The normalized spacial score (nSPS) is 17.5. The van der Waals surface area contributed by atoms with Gasteiger partial charge in [0.1, 0.15) is 5.75 Å². The van der Waals surface area contributed by atoms with Gasteiger partial charge in [0.2, 0.25) is 0 Å². The summed E-state index contributed by atoms with van der Waals surface area (Å²) < 4.78 is 30.4. The Bertz CT molecular complexity index is 740. The van der Waals surface area contributed by atoms with Crippen LogP contribution in [0.2, 0.25) is 0 Å². The second kappa shape index (κ2) is 4.83. The highest BCUT2D eigenvalue weighted by Gasteiger charge is 2.29. The summed E-state index contributed by atoms with van der Waals surface area (Å²) >= 11 is 0. The van der Waals surface area contributed by atoms with Crippen LogP contribution < -0.4 is 10.5 Å². The van der Waals surface area contributed by atoms with Crippen molar-refractivity contribution in [3.8, 4) is 5.75 Å². The van der Waals surface area contributed by atoms with Gasteiger partial charge in [0.05, 0.1) is 17.3 Å². The van der Waals surface area contributed by atoms with E-state index in [-0.39, 0.29) is 16.6 Å². The molecule has 0 spiro atoms. The monoisotopic (exact) mass is 289 g/mol. The maximum absolute atomic E-state index is 12.4. The fourth-order valence-corrected chi connectivity index (χ4v) is 4.04. The third-order valence-corrected chi connectivity index (χ3v) is 5.25. The summed E-state index contributed by atoms with van der Waals surface area (Å²) in [6.45, 7) is 0.404. The molecule has 0 fully saturated rings. The van der Waals surface area contributed by atoms with Gasteiger partial charge in [-0.25, -0.2) is 8.42 Å². The van der Waals surface area contributed by atoms with Crippen LogP contribution in [-0.4, -0.2) is 20.8 Å². The van der Waals surface area contributed by atoms with E-state index in [9.17, 15) is 8.42 Å². The van der Waals surface area contributed by atoms with E-state index < -0.39 is 9.84 Å². The molecule has 1 unspecified atom stereocenters. The zero-order valence-electron chi connectivity index (χ0n) is 10.8. The lowest BCUT2D eigenvalue weighted by Gasteiger charge is -2.10. The molecule has 0 radical (unpaired) electrons. The zero-order valence-corrected chi connectivity index (χ0v) is 11.6. The smallest absolute Gasteiger partial charge is 0.179 e. The molecule has 2 N–H and O–H groups in total. The van der Waals surface area contributed by atoms with Gasteiger partial charge in [-0.05, 0) is 24.3 Å². The number of fused-ring (bicyclic) bond motifs is 1. The molecule has 1 atom stereocenters. The van der Waals surface area contributed by atoms with E-state index in [2.05, 4.69) is 0 Å². The maximum atomic E-state index is 12.4. The fourth-order valence-electron chi connectivity index (χ4n) is 2.44. The summed E-state index contributed by atoms with van der Waals surface area (Å²) in [5, 5.41) is 0. The van der Waals surface area contributed by atoms with Crippen molar-refractivity contribution < 1.29 is 13.2 Å². The minimum atomic E-state index is -3.37. The standard InChI is InChI=1S/C15H15NO3S/c16-12-4-3-5-13(8-12)20(17,18)10-11-9-19-15-7-2-1-6-14(11)15/h1-8,11H,9-10,16H2. The van der Waals surface area contributed by atoms with Gasteiger partial charge in [-0.1, -0.05) is 24.3 Å². The quantitative estimate of drug-likeness (QED) is 0.880. The fraction of sp³-hybridized carbons (Fsp3) is 0.200. The first-order valence-electron chi connectivity index (χ1n) is 6.36. The van der Waals surface area contributed by atoms with E-state index in [1.807, 2.05) is 24.3 Å². The summed E-state index contributed by atoms with van der Waals surface area (Å²) in [5.74, 6) is 0.686. The van der Waals surface area contributed by atoms with E-state index in [4.69, 9.17) is 10.5 Å². The molecule has 1 aliphatic rings. The van der Waals surface area contributed by atoms with Crippen molar-refractivity contribution in [1.29, 1.82) is 0 Å². The molecule has 1 aliphatic heterocycles. The Morgan fingerprint density at radius 3 is 2.75 bits per heavy atom. The molecule has 4 nitrogen and oxygen atoms in total. The first-order chi connectivity index (χ1) is 9.56. The number of hydrogen-bond donors (Lipinski definition) is 1. The van der Waals surface area contributed by atoms with E-state index in [1.165, 1.54) is 6.07 Å². The third kappa shape index (κ3) is 2.36. The Kier molecular flexibility index (Phi) is 3.14. The van der Waals surface area contributed by atoms with Crippen molar-refractivity contribution in [2.24, 2.45) is 0 Å². The van der Waals surface area contributed by atoms with Gasteiger partial charge in [-0.2, -0.15) is 0 Å². The summed E-state index contributed by atoms with van der Waals surface area (Å²) in [5.41, 5.74) is 7.06. The van der Waals surface area contributed by atoms with E-state index >= 15 is 0 Å². The molecule has 0 saturated heterocycles. The molecular weight excluding hydrogens is 274 g/mol. The van der Waals surface area contributed by atoms with Gasteiger partial charge in [-0.15, -0.1) is 0 Å². The summed E-state index contributed by atoms with van der Waals surface area (Å²) in [7, 11) is -3.37. The molecule has 0 bridgehead atoms. The van der Waals surface area contributed by atoms with Crippen LogP contribution in [0.5, 0.6) is 5.75 Å². The van der Waals surface area contributed by atoms with Gasteiger partial charge in [-0.3, -0.25) is 0 Å². The highest BCUT2D eigenvalue weighted by atomic mass is 32.2. The highest BCUT2D eigenvalue weighted by molar-refractivity contribution is 7.91. The van der Waals surface area contributed by atoms with Gasteiger partial charge in [0.15, 0.2) is 9.84 Å². The second-order valence-electron chi connectivity index (χ2n) is 4.90. The van der Waals surface area contributed by atoms with Crippen LogP contribution in [0.1, 0.15) is 11.5 Å². The van der Waals surface area contributed by atoms with Crippen molar-refractivity contribution in [3.05, 3.63) is 54.1 Å². The average molecular weight is 289 g/mol. The van der Waals surface area contributed by atoms with Crippen LogP contribution in [0.4, 0.5) is 5.69 Å². The SMILES string of the molecule is Nc1cccc(S(=O)(=O)CC2COc3ccccc32)c1. The Hall–Kier alpha value is -2.01. The minimum absolute atomic E-state index is 0.0352. The predicted octanol–water partition coefficient (Wildman–Crippen LogP) is 2.22. The Labute approximate surface area is 118 Å². The number of sulfone groups is 1. The molecular formula is C15H15NO3S. The Balaban J connectivity index is 1.89. The molecule has 0 aliphatic carbocycles. The molecule has 0 amide bonds. The number of ether oxygens (including phenoxy) is 1. The van der Waals surface area contributed by atoms with Crippen LogP contribution >= 0.6 is 0 Å². The summed E-state index contributed by atoms with van der Waals surface area (Å²) in [4.78, 5) is 0.266. The van der Waals surface area contributed by atoms with Crippen molar-refractivity contribution in [2.45, 2.75) is 10.8 Å². The van der Waals surface area contributed by atoms with E-state index in [0.29, 0.717) is 12.3 Å². The molecule has 5 heteroatoms. The zero-order chi connectivity index (χ0) is 14.2. The molecule has 3 rings (SSSR count). The third-order valence-electron chi connectivity index (χ3n) is 3.44. The lowest BCUT2D eigenvalue weighted by Crippen LogP contribution is -2.16. The van der Waals surface area contributed by atoms with Crippen molar-refractivity contribution in [2.75, 3.05) is 18.1 Å².